The normalized spacial score (nSPS) is 13.4. The molecule has 2 N–H and O–H groups in total. The van der Waals surface area contributed by atoms with Gasteiger partial charge >= 0.3 is 11.8 Å². The van der Waals surface area contributed by atoms with Crippen LogP contribution in [0.25, 0.3) is 0 Å². The highest BCUT2D eigenvalue weighted by Gasteiger charge is 2.26. The summed E-state index contributed by atoms with van der Waals surface area (Å²) in [5, 5.41) is 8.57. The molecule has 0 bridgehead atoms. The molecule has 0 aliphatic heterocycles. The SMILES string of the molecule is CC(=O)N(c1nc(/C=N\NC(=O)C(=O)NC2CC2)cs1)c1cccc(C)c1C. The lowest BCUT2D eigenvalue weighted by Crippen LogP contribution is -2.38. The van der Waals surface area contributed by atoms with E-state index in [0.717, 1.165) is 29.7 Å². The Kier molecular flexibility index (Phi) is 5.84. The van der Waals surface area contributed by atoms with Gasteiger partial charge in [-0.2, -0.15) is 5.10 Å². The van der Waals surface area contributed by atoms with Crippen LogP contribution in [0.1, 0.15) is 36.6 Å². The van der Waals surface area contributed by atoms with Crippen molar-refractivity contribution < 1.29 is 14.4 Å². The van der Waals surface area contributed by atoms with Gasteiger partial charge in [0.05, 0.1) is 17.6 Å². The number of hydrogen-bond acceptors (Lipinski definition) is 6. The molecule has 2 aromatic rings. The molecule has 9 heteroatoms. The van der Waals surface area contributed by atoms with E-state index >= 15 is 0 Å². The highest BCUT2D eigenvalue weighted by Crippen LogP contribution is 2.32. The van der Waals surface area contributed by atoms with E-state index in [9.17, 15) is 14.4 Å². The summed E-state index contributed by atoms with van der Waals surface area (Å²) in [7, 11) is 0. The molecule has 1 aromatic heterocycles. The summed E-state index contributed by atoms with van der Waals surface area (Å²) >= 11 is 1.29. The molecule has 28 heavy (non-hydrogen) atoms. The molecular formula is C19H21N5O3S. The van der Waals surface area contributed by atoms with Gasteiger partial charge in [0.25, 0.3) is 0 Å². The van der Waals surface area contributed by atoms with E-state index in [-0.39, 0.29) is 11.9 Å². The Morgan fingerprint density at radius 3 is 2.68 bits per heavy atom. The molecule has 1 aromatic carbocycles. The maximum absolute atomic E-state index is 12.2. The fraction of sp³-hybridized carbons (Fsp3) is 0.316. The average Bonchev–Trinajstić information content (AvgIpc) is 3.34. The van der Waals surface area contributed by atoms with Gasteiger partial charge in [0, 0.05) is 18.3 Å². The molecule has 1 aliphatic rings. The average molecular weight is 399 g/mol. The van der Waals surface area contributed by atoms with Crippen LogP contribution >= 0.6 is 11.3 Å². The predicted molar refractivity (Wildman–Crippen MR) is 108 cm³/mol. The fourth-order valence-electron chi connectivity index (χ4n) is 2.51. The second-order valence-electron chi connectivity index (χ2n) is 6.58. The molecule has 1 heterocycles. The van der Waals surface area contributed by atoms with Crippen molar-refractivity contribution in [3.63, 3.8) is 0 Å². The van der Waals surface area contributed by atoms with Gasteiger partial charge < -0.3 is 5.32 Å². The van der Waals surface area contributed by atoms with Gasteiger partial charge in [-0.15, -0.1) is 11.3 Å². The van der Waals surface area contributed by atoms with Crippen molar-refractivity contribution >= 4 is 46.1 Å². The molecule has 1 aliphatic carbocycles. The number of carbonyl (C=O) groups excluding carboxylic acids is 3. The van der Waals surface area contributed by atoms with E-state index in [1.165, 1.54) is 24.5 Å². The summed E-state index contributed by atoms with van der Waals surface area (Å²) in [5.41, 5.74) is 5.50. The summed E-state index contributed by atoms with van der Waals surface area (Å²) in [4.78, 5) is 41.4. The molecule has 3 amide bonds. The summed E-state index contributed by atoms with van der Waals surface area (Å²) in [6.45, 7) is 5.42. The van der Waals surface area contributed by atoms with Crippen LogP contribution in [0.5, 0.6) is 0 Å². The number of rotatable bonds is 5. The Labute approximate surface area is 166 Å². The van der Waals surface area contributed by atoms with Crippen molar-refractivity contribution in [1.29, 1.82) is 0 Å². The second-order valence-corrected chi connectivity index (χ2v) is 7.41. The first kappa shape index (κ1) is 19.7. The van der Waals surface area contributed by atoms with Gasteiger partial charge in [-0.3, -0.25) is 19.3 Å². The highest BCUT2D eigenvalue weighted by atomic mass is 32.1. The minimum absolute atomic E-state index is 0.103. The van der Waals surface area contributed by atoms with Crippen LogP contribution in [-0.4, -0.2) is 35.0 Å². The lowest BCUT2D eigenvalue weighted by Gasteiger charge is -2.21. The number of thiazole rings is 1. The van der Waals surface area contributed by atoms with Crippen molar-refractivity contribution in [3.05, 3.63) is 40.4 Å². The first-order valence-electron chi connectivity index (χ1n) is 8.83. The van der Waals surface area contributed by atoms with Gasteiger partial charge in [-0.1, -0.05) is 12.1 Å². The van der Waals surface area contributed by atoms with Crippen LogP contribution in [0, 0.1) is 13.8 Å². The third-order valence-electron chi connectivity index (χ3n) is 4.31. The molecule has 3 rings (SSSR count). The van der Waals surface area contributed by atoms with Crippen molar-refractivity contribution in [2.75, 3.05) is 4.90 Å². The summed E-state index contributed by atoms with van der Waals surface area (Å²) in [6, 6.07) is 5.86. The van der Waals surface area contributed by atoms with Crippen LogP contribution < -0.4 is 15.6 Å². The molecule has 0 spiro atoms. The summed E-state index contributed by atoms with van der Waals surface area (Å²) < 4.78 is 0. The maximum Gasteiger partial charge on any atom is 0.329 e. The number of nitrogens with one attached hydrogen (secondary N) is 2. The van der Waals surface area contributed by atoms with Gasteiger partial charge in [-0.05, 0) is 43.9 Å². The van der Waals surface area contributed by atoms with E-state index in [1.807, 2.05) is 32.0 Å². The number of aryl methyl sites for hydroxylation is 1. The molecule has 146 valence electrons. The highest BCUT2D eigenvalue weighted by molar-refractivity contribution is 7.14. The Hall–Kier alpha value is -3.07. The Morgan fingerprint density at radius 2 is 2.00 bits per heavy atom. The minimum atomic E-state index is -0.820. The number of hydrazone groups is 1. The predicted octanol–water partition coefficient (Wildman–Crippen LogP) is 2.17. The molecule has 0 atom stereocenters. The van der Waals surface area contributed by atoms with Crippen LogP contribution in [0.4, 0.5) is 10.8 Å². The smallest absolute Gasteiger partial charge is 0.329 e. The molecule has 1 fully saturated rings. The van der Waals surface area contributed by atoms with Crippen LogP contribution in [-0.2, 0) is 14.4 Å². The zero-order valence-electron chi connectivity index (χ0n) is 15.9. The number of amides is 3. The molecule has 1 saturated carbocycles. The van der Waals surface area contributed by atoms with Crippen molar-refractivity contribution in [2.24, 2.45) is 5.10 Å². The molecule has 0 unspecified atom stereocenters. The van der Waals surface area contributed by atoms with E-state index in [2.05, 4.69) is 20.8 Å². The van der Waals surface area contributed by atoms with Crippen LogP contribution in [0.15, 0.2) is 28.7 Å². The topological polar surface area (TPSA) is 104 Å². The second kappa shape index (κ2) is 8.30. The largest absolute Gasteiger partial charge is 0.345 e. The monoisotopic (exact) mass is 399 g/mol. The third kappa shape index (κ3) is 4.61. The van der Waals surface area contributed by atoms with Crippen molar-refractivity contribution in [1.82, 2.24) is 15.7 Å². The van der Waals surface area contributed by atoms with Crippen molar-refractivity contribution in [3.8, 4) is 0 Å². The first-order chi connectivity index (χ1) is 13.4. The standard InChI is InChI=1S/C19H21N5O3S/c1-11-5-4-6-16(12(11)2)24(13(3)25)19-22-15(10-28-19)9-20-23-18(27)17(26)21-14-7-8-14/h4-6,9-10,14H,7-8H2,1-3H3,(H,21,26)(H,23,27)/b20-9-. The zero-order chi connectivity index (χ0) is 20.3. The van der Waals surface area contributed by atoms with Gasteiger partial charge in [0.1, 0.15) is 0 Å². The van der Waals surface area contributed by atoms with E-state index in [4.69, 9.17) is 0 Å². The zero-order valence-corrected chi connectivity index (χ0v) is 16.7. The first-order valence-corrected chi connectivity index (χ1v) is 9.71. The molecule has 0 radical (unpaired) electrons. The fourth-order valence-corrected chi connectivity index (χ4v) is 3.34. The van der Waals surface area contributed by atoms with Gasteiger partial charge in [0.2, 0.25) is 5.91 Å². The number of anilines is 2. The van der Waals surface area contributed by atoms with E-state index in [1.54, 1.807) is 10.3 Å². The lowest BCUT2D eigenvalue weighted by atomic mass is 10.1. The summed E-state index contributed by atoms with van der Waals surface area (Å²) in [5.74, 6) is -1.67. The number of carbonyl (C=O) groups is 3. The molecular weight excluding hydrogens is 378 g/mol. The maximum atomic E-state index is 12.2. The number of benzene rings is 1. The number of nitrogens with zero attached hydrogens (tertiary/aromatic N) is 3. The van der Waals surface area contributed by atoms with E-state index < -0.39 is 11.8 Å². The summed E-state index contributed by atoms with van der Waals surface area (Å²) in [6.07, 6.45) is 3.14. The van der Waals surface area contributed by atoms with Crippen molar-refractivity contribution in [2.45, 2.75) is 39.7 Å². The minimum Gasteiger partial charge on any atom is -0.345 e. The lowest BCUT2D eigenvalue weighted by molar-refractivity contribution is -0.139. The number of aromatic nitrogens is 1. The Balaban J connectivity index is 1.70. The van der Waals surface area contributed by atoms with E-state index in [0.29, 0.717) is 10.8 Å². The molecule has 0 saturated heterocycles. The Bertz CT molecular complexity index is 949. The number of hydrogen-bond donors (Lipinski definition) is 2. The quantitative estimate of drug-likeness (QED) is 0.457. The van der Waals surface area contributed by atoms with Gasteiger partial charge in [0.15, 0.2) is 5.13 Å². The van der Waals surface area contributed by atoms with Crippen LogP contribution in [0.3, 0.4) is 0 Å². The molecule has 8 nitrogen and oxygen atoms in total. The Morgan fingerprint density at radius 1 is 1.25 bits per heavy atom. The van der Waals surface area contributed by atoms with Gasteiger partial charge in [-0.25, -0.2) is 10.4 Å². The third-order valence-corrected chi connectivity index (χ3v) is 5.16. The van der Waals surface area contributed by atoms with Crippen LogP contribution in [0.2, 0.25) is 0 Å².